The minimum absolute atomic E-state index is 0.244. The molecule has 2 aromatic carbocycles. The van der Waals surface area contributed by atoms with Crippen molar-refractivity contribution in [3.05, 3.63) is 59.1 Å². The molecule has 0 spiro atoms. The average Bonchev–Trinajstić information content (AvgIpc) is 2.62. The van der Waals surface area contributed by atoms with Gasteiger partial charge in [0.15, 0.2) is 0 Å². The fourth-order valence-electron chi connectivity index (χ4n) is 3.47. The molecule has 144 valence electrons. The van der Waals surface area contributed by atoms with Crippen molar-refractivity contribution in [1.29, 1.82) is 0 Å². The van der Waals surface area contributed by atoms with Gasteiger partial charge >= 0.3 is 0 Å². The molecule has 0 bridgehead atoms. The Labute approximate surface area is 165 Å². The fraction of sp³-hybridized carbons (Fsp3) is 0.350. The van der Waals surface area contributed by atoms with E-state index in [0.29, 0.717) is 41.2 Å². The van der Waals surface area contributed by atoms with Crippen molar-refractivity contribution < 1.29 is 13.2 Å². The van der Waals surface area contributed by atoms with Crippen LogP contribution in [0.5, 0.6) is 0 Å². The van der Waals surface area contributed by atoms with E-state index in [4.69, 9.17) is 11.6 Å². The van der Waals surface area contributed by atoms with Crippen molar-refractivity contribution in [1.82, 2.24) is 4.31 Å². The second-order valence-corrected chi connectivity index (χ2v) is 9.63. The predicted molar refractivity (Wildman–Crippen MR) is 108 cm³/mol. The lowest BCUT2D eigenvalue weighted by molar-refractivity contribution is 0.102. The summed E-state index contributed by atoms with van der Waals surface area (Å²) in [6, 6.07) is 12.9. The fourth-order valence-corrected chi connectivity index (χ4v) is 5.27. The molecule has 2 atom stereocenters. The normalized spacial score (nSPS) is 21.0. The Hall–Kier alpha value is -1.89. The third kappa shape index (κ3) is 4.69. The molecule has 0 aromatic heterocycles. The molecule has 1 fully saturated rings. The predicted octanol–water partition coefficient (Wildman–Crippen LogP) is 4.26. The molecule has 0 saturated carbocycles. The second-order valence-electron chi connectivity index (χ2n) is 7.25. The second kappa shape index (κ2) is 8.00. The molecule has 0 radical (unpaired) electrons. The van der Waals surface area contributed by atoms with Gasteiger partial charge in [-0.1, -0.05) is 25.4 Å². The van der Waals surface area contributed by atoms with Crippen molar-refractivity contribution in [2.24, 2.45) is 11.8 Å². The Kier molecular flexibility index (Phi) is 5.89. The summed E-state index contributed by atoms with van der Waals surface area (Å²) < 4.78 is 27.3. The Morgan fingerprint density at radius 1 is 1.00 bits per heavy atom. The van der Waals surface area contributed by atoms with Gasteiger partial charge < -0.3 is 5.32 Å². The Morgan fingerprint density at radius 2 is 1.56 bits per heavy atom. The molecule has 1 heterocycles. The number of carbonyl (C=O) groups is 1. The smallest absolute Gasteiger partial charge is 0.255 e. The first kappa shape index (κ1) is 19.9. The van der Waals surface area contributed by atoms with Gasteiger partial charge in [0.25, 0.3) is 5.91 Å². The van der Waals surface area contributed by atoms with Crippen LogP contribution in [0.2, 0.25) is 5.02 Å². The van der Waals surface area contributed by atoms with Gasteiger partial charge in [-0.25, -0.2) is 8.42 Å². The van der Waals surface area contributed by atoms with Crippen molar-refractivity contribution in [3.63, 3.8) is 0 Å². The maximum absolute atomic E-state index is 12.9. The highest BCUT2D eigenvalue weighted by Crippen LogP contribution is 2.27. The zero-order valence-corrected chi connectivity index (χ0v) is 16.9. The van der Waals surface area contributed by atoms with E-state index in [2.05, 4.69) is 19.2 Å². The first-order chi connectivity index (χ1) is 12.8. The molecule has 7 heteroatoms. The van der Waals surface area contributed by atoms with Crippen molar-refractivity contribution in [2.75, 3.05) is 18.4 Å². The third-order valence-corrected chi connectivity index (χ3v) is 6.79. The number of nitrogens with zero attached hydrogens (tertiary/aromatic N) is 1. The van der Waals surface area contributed by atoms with Crippen LogP contribution >= 0.6 is 11.6 Å². The van der Waals surface area contributed by atoms with Gasteiger partial charge in [-0.05, 0) is 66.8 Å². The number of hydrogen-bond donors (Lipinski definition) is 1. The van der Waals surface area contributed by atoms with E-state index in [1.165, 1.54) is 12.1 Å². The van der Waals surface area contributed by atoms with Crippen LogP contribution in [0.4, 0.5) is 5.69 Å². The SMILES string of the molecule is C[C@@H]1C[C@H](C)CN(S(=O)(=O)c2ccc(NC(=O)c3ccc(Cl)cc3)cc2)C1. The highest BCUT2D eigenvalue weighted by molar-refractivity contribution is 7.89. The Balaban J connectivity index is 1.72. The van der Waals surface area contributed by atoms with Crippen LogP contribution in [-0.4, -0.2) is 31.7 Å². The quantitative estimate of drug-likeness (QED) is 0.824. The van der Waals surface area contributed by atoms with E-state index < -0.39 is 10.0 Å². The Bertz CT molecular complexity index is 901. The lowest BCUT2D eigenvalue weighted by atomic mass is 9.94. The van der Waals surface area contributed by atoms with Crippen LogP contribution in [0.25, 0.3) is 0 Å². The zero-order valence-electron chi connectivity index (χ0n) is 15.4. The minimum atomic E-state index is -3.52. The molecule has 0 unspecified atom stereocenters. The van der Waals surface area contributed by atoms with Crippen LogP contribution < -0.4 is 5.32 Å². The van der Waals surface area contributed by atoms with Gasteiger partial charge in [0.05, 0.1) is 4.90 Å². The van der Waals surface area contributed by atoms with Gasteiger partial charge in [-0.3, -0.25) is 4.79 Å². The minimum Gasteiger partial charge on any atom is -0.322 e. The number of piperidine rings is 1. The van der Waals surface area contributed by atoms with Crippen LogP contribution in [0.1, 0.15) is 30.6 Å². The molecule has 1 amide bonds. The number of benzene rings is 2. The average molecular weight is 407 g/mol. The molecular weight excluding hydrogens is 384 g/mol. The number of anilines is 1. The number of carbonyl (C=O) groups excluding carboxylic acids is 1. The molecule has 5 nitrogen and oxygen atoms in total. The van der Waals surface area contributed by atoms with Gasteiger partial charge in [0.2, 0.25) is 10.0 Å². The number of sulfonamides is 1. The van der Waals surface area contributed by atoms with Crippen LogP contribution in [-0.2, 0) is 10.0 Å². The summed E-state index contributed by atoms with van der Waals surface area (Å²) in [4.78, 5) is 12.5. The third-order valence-electron chi connectivity index (χ3n) is 4.69. The highest BCUT2D eigenvalue weighted by Gasteiger charge is 2.31. The van der Waals surface area contributed by atoms with Gasteiger partial charge in [0, 0.05) is 29.4 Å². The van der Waals surface area contributed by atoms with E-state index in [-0.39, 0.29) is 10.8 Å². The number of hydrogen-bond acceptors (Lipinski definition) is 3. The van der Waals surface area contributed by atoms with E-state index in [1.807, 2.05) is 0 Å². The topological polar surface area (TPSA) is 66.5 Å². The molecular formula is C20H23ClN2O3S. The zero-order chi connectivity index (χ0) is 19.6. The standard InChI is InChI=1S/C20H23ClN2O3S/c1-14-11-15(2)13-23(12-14)27(25,26)19-9-7-18(8-10-19)22-20(24)16-3-5-17(21)6-4-16/h3-10,14-15H,11-13H2,1-2H3,(H,22,24)/t14-,15+. The first-order valence-electron chi connectivity index (χ1n) is 8.93. The maximum Gasteiger partial charge on any atom is 0.255 e. The number of nitrogens with one attached hydrogen (secondary N) is 1. The number of rotatable bonds is 4. The van der Waals surface area contributed by atoms with Crippen molar-refractivity contribution >= 4 is 33.2 Å². The molecule has 27 heavy (non-hydrogen) atoms. The summed E-state index contributed by atoms with van der Waals surface area (Å²) in [6.45, 7) is 5.24. The Morgan fingerprint density at radius 3 is 2.11 bits per heavy atom. The molecule has 2 aromatic rings. The van der Waals surface area contributed by atoms with Crippen LogP contribution in [0.3, 0.4) is 0 Å². The van der Waals surface area contributed by atoms with Gasteiger partial charge in [-0.2, -0.15) is 4.31 Å². The van der Waals surface area contributed by atoms with Gasteiger partial charge in [0.1, 0.15) is 0 Å². The van der Waals surface area contributed by atoms with Crippen molar-refractivity contribution in [3.8, 4) is 0 Å². The van der Waals surface area contributed by atoms with Crippen LogP contribution in [0, 0.1) is 11.8 Å². The van der Waals surface area contributed by atoms with E-state index in [9.17, 15) is 13.2 Å². The summed E-state index contributed by atoms with van der Waals surface area (Å²) in [5.41, 5.74) is 1.02. The van der Waals surface area contributed by atoms with Crippen LogP contribution in [0.15, 0.2) is 53.4 Å². The lowest BCUT2D eigenvalue weighted by Crippen LogP contribution is -2.42. The molecule has 1 aliphatic heterocycles. The molecule has 1 aliphatic rings. The number of halogens is 1. The summed E-state index contributed by atoms with van der Waals surface area (Å²) in [6.07, 6.45) is 1.04. The maximum atomic E-state index is 12.9. The molecule has 3 rings (SSSR count). The van der Waals surface area contributed by atoms with Gasteiger partial charge in [-0.15, -0.1) is 0 Å². The first-order valence-corrected chi connectivity index (χ1v) is 10.7. The highest BCUT2D eigenvalue weighted by atomic mass is 35.5. The monoisotopic (exact) mass is 406 g/mol. The lowest BCUT2D eigenvalue weighted by Gasteiger charge is -2.34. The molecule has 0 aliphatic carbocycles. The molecule has 1 N–H and O–H groups in total. The summed E-state index contributed by atoms with van der Waals surface area (Å²) >= 11 is 5.83. The summed E-state index contributed by atoms with van der Waals surface area (Å²) in [7, 11) is -3.52. The van der Waals surface area contributed by atoms with E-state index in [1.54, 1.807) is 40.7 Å². The summed E-state index contributed by atoms with van der Waals surface area (Å²) in [5, 5.41) is 3.32. The largest absolute Gasteiger partial charge is 0.322 e. The number of amides is 1. The van der Waals surface area contributed by atoms with E-state index >= 15 is 0 Å². The van der Waals surface area contributed by atoms with Crippen molar-refractivity contribution in [2.45, 2.75) is 25.2 Å². The summed E-state index contributed by atoms with van der Waals surface area (Å²) in [5.74, 6) is 0.420. The van der Waals surface area contributed by atoms with E-state index in [0.717, 1.165) is 6.42 Å². The molecule has 1 saturated heterocycles.